The van der Waals surface area contributed by atoms with Crippen LogP contribution in [0.15, 0.2) is 42.5 Å². The Morgan fingerprint density at radius 1 is 0.591 bits per heavy atom. The molecule has 0 bridgehead atoms. The lowest BCUT2D eigenvalue weighted by atomic mass is 9.83. The van der Waals surface area contributed by atoms with E-state index in [1.165, 1.54) is 51.4 Å². The molecule has 2 amide bonds. The van der Waals surface area contributed by atoms with E-state index >= 15 is 0 Å². The minimum Gasteiger partial charge on any atom is -0.383 e. The van der Waals surface area contributed by atoms with E-state index in [-0.39, 0.29) is 36.5 Å². The van der Waals surface area contributed by atoms with Crippen LogP contribution in [0.4, 0.5) is 5.69 Å². The molecule has 8 nitrogen and oxygen atoms in total. The van der Waals surface area contributed by atoms with E-state index in [1.54, 1.807) is 42.5 Å². The fraction of sp³-hybridized carbons (Fsp3) is 0.556. The highest BCUT2D eigenvalue weighted by molar-refractivity contribution is 6.30. The third kappa shape index (κ3) is 11.2. The fourth-order valence-corrected chi connectivity index (χ4v) is 5.64. The Morgan fingerprint density at radius 2 is 1.09 bits per heavy atom. The molecule has 3 rings (SSSR count). The first-order valence-corrected chi connectivity index (χ1v) is 16.8. The molecular formula is C36H52N4O4. The van der Waals surface area contributed by atoms with E-state index in [0.717, 1.165) is 25.7 Å². The van der Waals surface area contributed by atoms with E-state index in [9.17, 15) is 19.2 Å². The Hall–Kier alpha value is -3.52. The maximum Gasteiger partial charge on any atom is 0.234 e. The van der Waals surface area contributed by atoms with Crippen LogP contribution in [-0.2, 0) is 9.59 Å². The van der Waals surface area contributed by atoms with Crippen LogP contribution in [0, 0.1) is 0 Å². The van der Waals surface area contributed by atoms with Crippen LogP contribution in [0.3, 0.4) is 0 Å². The Balaban J connectivity index is 1.55. The zero-order chi connectivity index (χ0) is 31.6. The summed E-state index contributed by atoms with van der Waals surface area (Å²) in [4.78, 5) is 53.9. The van der Waals surface area contributed by atoms with Crippen LogP contribution in [0.2, 0.25) is 0 Å². The normalized spacial score (nSPS) is 12.2. The number of amides is 2. The second-order valence-electron chi connectivity index (χ2n) is 11.8. The molecule has 240 valence electrons. The van der Waals surface area contributed by atoms with Crippen LogP contribution < -0.4 is 16.0 Å². The molecule has 0 spiro atoms. The number of hydrogen-bond donors (Lipinski definition) is 3. The molecule has 0 saturated carbocycles. The van der Waals surface area contributed by atoms with Gasteiger partial charge in [0, 0.05) is 48.6 Å². The number of benzene rings is 2. The maximum absolute atomic E-state index is 13.4. The number of anilines is 1. The second kappa shape index (κ2) is 19.7. The summed E-state index contributed by atoms with van der Waals surface area (Å²) in [7, 11) is 0. The number of nitrogens with zero attached hydrogens (tertiary/aromatic N) is 1. The average molecular weight is 605 g/mol. The molecule has 0 heterocycles. The minimum atomic E-state index is -0.182. The minimum absolute atomic E-state index is 0.100. The van der Waals surface area contributed by atoms with E-state index in [2.05, 4.69) is 29.8 Å². The van der Waals surface area contributed by atoms with Crippen LogP contribution in [0.1, 0.15) is 123 Å². The van der Waals surface area contributed by atoms with Gasteiger partial charge in [-0.1, -0.05) is 114 Å². The first-order chi connectivity index (χ1) is 21.5. The number of ketones is 2. The highest BCUT2D eigenvalue weighted by Gasteiger charge is 2.31. The molecule has 0 atom stereocenters. The Bertz CT molecular complexity index is 1200. The van der Waals surface area contributed by atoms with Gasteiger partial charge in [-0.25, -0.2) is 0 Å². The van der Waals surface area contributed by atoms with E-state index < -0.39 is 0 Å². The standard InChI is InChI=1S/C36H52N4O4/c1-3-5-7-9-11-15-22-38-32(41)26-40(27-33(42)39-23-16-12-10-8-6-4-2)25-24-37-31-21-17-20-30-34(31)36(44)29-19-14-13-18-28(29)35(30)43/h13-14,17-21,37H,3-12,15-16,22-27H2,1-2H3,(H,38,41)(H,39,42). The third-order valence-corrected chi connectivity index (χ3v) is 8.14. The van der Waals surface area contributed by atoms with Gasteiger partial charge in [0.2, 0.25) is 11.8 Å². The molecule has 0 unspecified atom stereocenters. The van der Waals surface area contributed by atoms with E-state index in [4.69, 9.17) is 0 Å². The summed E-state index contributed by atoms with van der Waals surface area (Å²) in [6.07, 6.45) is 13.9. The van der Waals surface area contributed by atoms with Crippen molar-refractivity contribution in [2.24, 2.45) is 0 Å². The van der Waals surface area contributed by atoms with Crippen molar-refractivity contribution in [3.8, 4) is 0 Å². The first kappa shape index (κ1) is 35.0. The third-order valence-electron chi connectivity index (χ3n) is 8.14. The molecule has 0 radical (unpaired) electrons. The lowest BCUT2D eigenvalue weighted by Crippen LogP contribution is -2.45. The van der Waals surface area contributed by atoms with Crippen LogP contribution >= 0.6 is 0 Å². The largest absolute Gasteiger partial charge is 0.383 e. The number of hydrogen-bond acceptors (Lipinski definition) is 6. The van der Waals surface area contributed by atoms with Gasteiger partial charge in [-0.15, -0.1) is 0 Å². The molecule has 0 aliphatic heterocycles. The van der Waals surface area contributed by atoms with Gasteiger partial charge in [0.1, 0.15) is 0 Å². The summed E-state index contributed by atoms with van der Waals surface area (Å²) in [6, 6.07) is 12.1. The van der Waals surface area contributed by atoms with Crippen molar-refractivity contribution in [3.05, 3.63) is 64.7 Å². The van der Waals surface area contributed by atoms with Crippen molar-refractivity contribution < 1.29 is 19.2 Å². The summed E-state index contributed by atoms with van der Waals surface area (Å²) in [5.74, 6) is -0.545. The Morgan fingerprint density at radius 3 is 1.66 bits per heavy atom. The number of carbonyl (C=O) groups excluding carboxylic acids is 4. The lowest BCUT2D eigenvalue weighted by Gasteiger charge is -2.24. The molecular weight excluding hydrogens is 552 g/mol. The molecule has 0 fully saturated rings. The lowest BCUT2D eigenvalue weighted by molar-refractivity contribution is -0.125. The molecule has 3 N–H and O–H groups in total. The predicted octanol–water partition coefficient (Wildman–Crippen LogP) is 6.13. The molecule has 2 aromatic rings. The van der Waals surface area contributed by atoms with Crippen molar-refractivity contribution in [2.75, 3.05) is 44.6 Å². The van der Waals surface area contributed by atoms with Crippen LogP contribution in [0.5, 0.6) is 0 Å². The number of fused-ring (bicyclic) bond motifs is 2. The molecule has 44 heavy (non-hydrogen) atoms. The molecule has 0 saturated heterocycles. The van der Waals surface area contributed by atoms with E-state index in [1.807, 2.05) is 4.90 Å². The second-order valence-corrected chi connectivity index (χ2v) is 11.8. The van der Waals surface area contributed by atoms with Gasteiger partial charge in [0.25, 0.3) is 0 Å². The van der Waals surface area contributed by atoms with Gasteiger partial charge >= 0.3 is 0 Å². The topological polar surface area (TPSA) is 108 Å². The van der Waals surface area contributed by atoms with E-state index in [0.29, 0.717) is 54.1 Å². The number of unbranched alkanes of at least 4 members (excludes halogenated alkanes) is 10. The summed E-state index contributed by atoms with van der Waals surface area (Å²) in [5, 5.41) is 9.32. The summed E-state index contributed by atoms with van der Waals surface area (Å²) < 4.78 is 0. The number of nitrogens with one attached hydrogen (secondary N) is 3. The van der Waals surface area contributed by atoms with Gasteiger partial charge in [0.05, 0.1) is 18.7 Å². The molecule has 8 heteroatoms. The molecule has 1 aliphatic carbocycles. The maximum atomic E-state index is 13.4. The van der Waals surface area contributed by atoms with Crippen molar-refractivity contribution in [1.82, 2.24) is 15.5 Å². The quantitative estimate of drug-likeness (QED) is 0.119. The van der Waals surface area contributed by atoms with Crippen molar-refractivity contribution >= 4 is 29.1 Å². The van der Waals surface area contributed by atoms with Gasteiger partial charge < -0.3 is 16.0 Å². The monoisotopic (exact) mass is 604 g/mol. The smallest absolute Gasteiger partial charge is 0.234 e. The SMILES string of the molecule is CCCCCCCCNC(=O)CN(CCNc1cccc2c1C(=O)c1ccccc1C2=O)CC(=O)NCCCCCCCC. The van der Waals surface area contributed by atoms with Gasteiger partial charge in [-0.3, -0.25) is 24.1 Å². The highest BCUT2D eigenvalue weighted by Crippen LogP contribution is 2.31. The van der Waals surface area contributed by atoms with Crippen LogP contribution in [0.25, 0.3) is 0 Å². The van der Waals surface area contributed by atoms with Gasteiger partial charge in [0.15, 0.2) is 11.6 Å². The molecule has 1 aliphatic rings. The summed E-state index contributed by atoms with van der Waals surface area (Å²) in [6.45, 7) is 6.70. The number of carbonyl (C=O) groups is 4. The van der Waals surface area contributed by atoms with Gasteiger partial charge in [-0.05, 0) is 18.9 Å². The summed E-state index contributed by atoms with van der Waals surface area (Å²) >= 11 is 0. The molecule has 0 aromatic heterocycles. The Labute approximate surface area is 263 Å². The average Bonchev–Trinajstić information content (AvgIpc) is 3.02. The van der Waals surface area contributed by atoms with Crippen molar-refractivity contribution in [1.29, 1.82) is 0 Å². The summed E-state index contributed by atoms with van der Waals surface area (Å²) in [5.41, 5.74) is 2.17. The van der Waals surface area contributed by atoms with Crippen molar-refractivity contribution in [2.45, 2.75) is 90.9 Å². The van der Waals surface area contributed by atoms with Crippen LogP contribution in [-0.4, -0.2) is 67.5 Å². The van der Waals surface area contributed by atoms with Crippen molar-refractivity contribution in [3.63, 3.8) is 0 Å². The Kier molecular flexibility index (Phi) is 15.7. The van der Waals surface area contributed by atoms with Gasteiger partial charge in [-0.2, -0.15) is 0 Å². The highest BCUT2D eigenvalue weighted by atomic mass is 16.2. The molecule has 2 aromatic carbocycles. The predicted molar refractivity (Wildman–Crippen MR) is 177 cm³/mol. The fourth-order valence-electron chi connectivity index (χ4n) is 5.64. The zero-order valence-corrected chi connectivity index (χ0v) is 26.8. The number of rotatable bonds is 22. The zero-order valence-electron chi connectivity index (χ0n) is 26.8. The first-order valence-electron chi connectivity index (χ1n) is 16.8.